The molecule has 0 bridgehead atoms. The third-order valence-corrected chi connectivity index (χ3v) is 3.85. The highest BCUT2D eigenvalue weighted by Crippen LogP contribution is 2.30. The number of fused-ring (bicyclic) bond motifs is 2. The van der Waals surface area contributed by atoms with E-state index in [1.165, 1.54) is 0 Å². The molecule has 25 heavy (non-hydrogen) atoms. The van der Waals surface area contributed by atoms with Gasteiger partial charge < -0.3 is 20.1 Å². The van der Waals surface area contributed by atoms with Crippen LogP contribution in [0.25, 0.3) is 5.65 Å². The average molecular weight is 339 g/mol. The molecule has 3 heterocycles. The zero-order chi connectivity index (χ0) is 17.1. The van der Waals surface area contributed by atoms with Gasteiger partial charge >= 0.3 is 6.03 Å². The third-order valence-electron chi connectivity index (χ3n) is 3.85. The normalized spacial score (nSPS) is 15.8. The molecule has 1 aromatic carbocycles. The Kier molecular flexibility index (Phi) is 4.07. The predicted molar refractivity (Wildman–Crippen MR) is 89.6 cm³/mol. The highest BCUT2D eigenvalue weighted by atomic mass is 16.6. The van der Waals surface area contributed by atoms with Crippen LogP contribution in [0.2, 0.25) is 0 Å². The van der Waals surface area contributed by atoms with E-state index in [1.54, 1.807) is 0 Å². The zero-order valence-electron chi connectivity index (χ0n) is 13.4. The van der Waals surface area contributed by atoms with Gasteiger partial charge in [-0.1, -0.05) is 18.2 Å². The molecule has 2 N–H and O–H groups in total. The number of nitrogens with zero attached hydrogens (tertiary/aromatic N) is 3. The molecule has 2 aromatic heterocycles. The first kappa shape index (κ1) is 15.3. The molecule has 0 fully saturated rings. The van der Waals surface area contributed by atoms with Gasteiger partial charge in [-0.3, -0.25) is 4.40 Å². The number of carbonyl (C=O) groups excluding carboxylic acids is 1. The van der Waals surface area contributed by atoms with Crippen molar-refractivity contribution in [2.24, 2.45) is 0 Å². The molecule has 4 rings (SSSR count). The second-order valence-corrected chi connectivity index (χ2v) is 5.61. The van der Waals surface area contributed by atoms with E-state index in [-0.39, 0.29) is 18.7 Å². The molecule has 1 aliphatic heterocycles. The summed E-state index contributed by atoms with van der Waals surface area (Å²) in [6, 6.07) is 12.8. The van der Waals surface area contributed by atoms with Crippen LogP contribution in [-0.2, 0) is 6.54 Å². The molecule has 128 valence electrons. The van der Waals surface area contributed by atoms with Crippen LogP contribution in [0.3, 0.4) is 0 Å². The van der Waals surface area contributed by atoms with Crippen molar-refractivity contribution in [3.63, 3.8) is 0 Å². The number of pyridine rings is 1. The molecule has 1 atom stereocenters. The summed E-state index contributed by atoms with van der Waals surface area (Å²) in [4.78, 5) is 12.0. The monoisotopic (exact) mass is 339 g/mol. The quantitative estimate of drug-likeness (QED) is 0.749. The summed E-state index contributed by atoms with van der Waals surface area (Å²) < 4.78 is 13.2. The summed E-state index contributed by atoms with van der Waals surface area (Å²) in [6.45, 7) is 1.02. The van der Waals surface area contributed by atoms with Crippen molar-refractivity contribution in [1.29, 1.82) is 0 Å². The molecule has 8 heteroatoms. The Morgan fingerprint density at radius 2 is 1.96 bits per heavy atom. The van der Waals surface area contributed by atoms with Crippen molar-refractivity contribution < 1.29 is 14.3 Å². The van der Waals surface area contributed by atoms with Gasteiger partial charge in [0, 0.05) is 6.20 Å². The standard InChI is InChI=1S/C17H17N5O3/c23-17(19-10-16-21-20-15-7-3-4-8-22(15)16)18-9-12-11-24-13-5-1-2-6-14(13)25-12/h1-8,12H,9-11H2,(H2,18,19,23)/t12-/m1/s1. The van der Waals surface area contributed by atoms with Gasteiger partial charge in [0.15, 0.2) is 29.1 Å². The molecule has 0 spiro atoms. The van der Waals surface area contributed by atoms with Gasteiger partial charge in [-0.25, -0.2) is 4.79 Å². The van der Waals surface area contributed by atoms with E-state index in [2.05, 4.69) is 20.8 Å². The SMILES string of the molecule is O=C(NCc1nnc2ccccn12)NC[C@@H]1COc2ccccc2O1. The molecule has 2 amide bonds. The number of aromatic nitrogens is 3. The Morgan fingerprint density at radius 3 is 2.88 bits per heavy atom. The van der Waals surface area contributed by atoms with E-state index in [0.29, 0.717) is 24.7 Å². The number of ether oxygens (including phenoxy) is 2. The molecular formula is C17H17N5O3. The largest absolute Gasteiger partial charge is 0.486 e. The Hall–Kier alpha value is -3.29. The number of hydrogen-bond donors (Lipinski definition) is 2. The summed E-state index contributed by atoms with van der Waals surface area (Å²) >= 11 is 0. The maximum atomic E-state index is 12.0. The Bertz CT molecular complexity index is 895. The molecule has 8 nitrogen and oxygen atoms in total. The zero-order valence-corrected chi connectivity index (χ0v) is 13.4. The molecule has 1 aliphatic rings. The van der Waals surface area contributed by atoms with Gasteiger partial charge in [0.1, 0.15) is 6.61 Å². The van der Waals surface area contributed by atoms with Gasteiger partial charge in [-0.15, -0.1) is 10.2 Å². The summed E-state index contributed by atoms with van der Waals surface area (Å²) in [5, 5.41) is 13.7. The molecular weight excluding hydrogens is 322 g/mol. The van der Waals surface area contributed by atoms with Crippen LogP contribution in [0.5, 0.6) is 11.5 Å². The number of carbonyl (C=O) groups is 1. The average Bonchev–Trinajstić information content (AvgIpc) is 3.08. The van der Waals surface area contributed by atoms with Crippen LogP contribution in [0.1, 0.15) is 5.82 Å². The molecule has 3 aromatic rings. The first-order valence-corrected chi connectivity index (χ1v) is 7.98. The van der Waals surface area contributed by atoms with Crippen LogP contribution in [-0.4, -0.2) is 39.9 Å². The molecule has 0 saturated heterocycles. The minimum absolute atomic E-state index is 0.227. The van der Waals surface area contributed by atoms with E-state index >= 15 is 0 Å². The van der Waals surface area contributed by atoms with Crippen molar-refractivity contribution in [3.8, 4) is 11.5 Å². The smallest absolute Gasteiger partial charge is 0.315 e. The number of nitrogens with one attached hydrogen (secondary N) is 2. The number of amides is 2. The maximum Gasteiger partial charge on any atom is 0.315 e. The van der Waals surface area contributed by atoms with Crippen LogP contribution in [0.15, 0.2) is 48.7 Å². The number of benzene rings is 1. The van der Waals surface area contributed by atoms with Gasteiger partial charge in [-0.05, 0) is 24.3 Å². The summed E-state index contributed by atoms with van der Waals surface area (Å²) in [5.74, 6) is 2.08. The first-order valence-electron chi connectivity index (χ1n) is 7.98. The fourth-order valence-corrected chi connectivity index (χ4v) is 2.60. The third kappa shape index (κ3) is 3.32. The van der Waals surface area contributed by atoms with Crippen LogP contribution in [0.4, 0.5) is 4.79 Å². The highest BCUT2D eigenvalue weighted by molar-refractivity contribution is 5.73. The fourth-order valence-electron chi connectivity index (χ4n) is 2.60. The van der Waals surface area contributed by atoms with E-state index in [0.717, 1.165) is 11.4 Å². The predicted octanol–water partition coefficient (Wildman–Crippen LogP) is 1.37. The molecule has 0 saturated carbocycles. The van der Waals surface area contributed by atoms with E-state index in [1.807, 2.05) is 53.1 Å². The Morgan fingerprint density at radius 1 is 1.12 bits per heavy atom. The minimum atomic E-state index is -0.296. The van der Waals surface area contributed by atoms with Gasteiger partial charge in [0.2, 0.25) is 0 Å². The Balaban J connectivity index is 1.27. The lowest BCUT2D eigenvalue weighted by molar-refractivity contribution is 0.0918. The first-order chi connectivity index (χ1) is 12.3. The highest BCUT2D eigenvalue weighted by Gasteiger charge is 2.21. The number of urea groups is 1. The molecule has 0 aliphatic carbocycles. The number of rotatable bonds is 4. The van der Waals surface area contributed by atoms with Crippen LogP contribution >= 0.6 is 0 Å². The number of hydrogen-bond acceptors (Lipinski definition) is 5. The fraction of sp³-hybridized carbons (Fsp3) is 0.235. The second kappa shape index (κ2) is 6.68. The van der Waals surface area contributed by atoms with E-state index in [4.69, 9.17) is 9.47 Å². The lowest BCUT2D eigenvalue weighted by Crippen LogP contribution is -2.44. The Labute approximate surface area is 143 Å². The summed E-state index contributed by atoms with van der Waals surface area (Å²) in [6.07, 6.45) is 1.63. The van der Waals surface area contributed by atoms with Crippen molar-refractivity contribution >= 4 is 11.7 Å². The minimum Gasteiger partial charge on any atom is -0.486 e. The summed E-state index contributed by atoms with van der Waals surface area (Å²) in [5.41, 5.74) is 0.742. The van der Waals surface area contributed by atoms with Crippen LogP contribution in [0, 0.1) is 0 Å². The van der Waals surface area contributed by atoms with Crippen molar-refractivity contribution in [2.45, 2.75) is 12.6 Å². The van der Waals surface area contributed by atoms with Crippen molar-refractivity contribution in [1.82, 2.24) is 25.2 Å². The lowest BCUT2D eigenvalue weighted by atomic mass is 10.2. The second-order valence-electron chi connectivity index (χ2n) is 5.61. The summed E-state index contributed by atoms with van der Waals surface area (Å²) in [7, 11) is 0. The van der Waals surface area contributed by atoms with Gasteiger partial charge in [0.25, 0.3) is 0 Å². The van der Waals surface area contributed by atoms with Gasteiger partial charge in [0.05, 0.1) is 13.1 Å². The van der Waals surface area contributed by atoms with Gasteiger partial charge in [-0.2, -0.15) is 0 Å². The lowest BCUT2D eigenvalue weighted by Gasteiger charge is -2.26. The molecule has 0 unspecified atom stereocenters. The van der Waals surface area contributed by atoms with E-state index < -0.39 is 0 Å². The molecule has 0 radical (unpaired) electrons. The van der Waals surface area contributed by atoms with Crippen LogP contribution < -0.4 is 20.1 Å². The maximum absolute atomic E-state index is 12.0. The van der Waals surface area contributed by atoms with Crippen molar-refractivity contribution in [2.75, 3.05) is 13.2 Å². The van der Waals surface area contributed by atoms with Crippen molar-refractivity contribution in [3.05, 3.63) is 54.5 Å². The van der Waals surface area contributed by atoms with E-state index in [9.17, 15) is 4.79 Å². The topological polar surface area (TPSA) is 89.8 Å². The number of para-hydroxylation sites is 2.